The molecule has 4 rings (SSSR count). The van der Waals surface area contributed by atoms with Gasteiger partial charge in [-0.2, -0.15) is 0 Å². The number of ether oxygens (including phenoxy) is 1. The third-order valence-corrected chi connectivity index (χ3v) is 6.29. The number of rotatable bonds is 9. The summed E-state index contributed by atoms with van der Waals surface area (Å²) in [6, 6.07) is 31.0. The van der Waals surface area contributed by atoms with Gasteiger partial charge in [-0.25, -0.2) is 0 Å². The topological polar surface area (TPSA) is 46.6 Å². The molecule has 0 aromatic heterocycles. The van der Waals surface area contributed by atoms with E-state index in [2.05, 4.69) is 41.3 Å². The van der Waals surface area contributed by atoms with Crippen LogP contribution in [0.4, 0.5) is 0 Å². The molecule has 1 atom stereocenters. The number of nitrogens with zero attached hydrogens (tertiary/aromatic N) is 1. The lowest BCUT2D eigenvalue weighted by molar-refractivity contribution is -0.133. The van der Waals surface area contributed by atoms with Crippen LogP contribution in [0.25, 0.3) is 0 Å². The van der Waals surface area contributed by atoms with E-state index < -0.39 is 5.60 Å². The summed E-state index contributed by atoms with van der Waals surface area (Å²) >= 11 is 0. The SMILES string of the molecule is O=CC(=O)C1CCCN(CCOC(c2ccccc2)(c2ccccc2)c2ccccc2)C1. The molecule has 1 unspecified atom stereocenters. The molecule has 0 bridgehead atoms. The predicted molar refractivity (Wildman–Crippen MR) is 125 cm³/mol. The quantitative estimate of drug-likeness (QED) is 0.287. The summed E-state index contributed by atoms with van der Waals surface area (Å²) in [6.07, 6.45) is 2.18. The Kier molecular flexibility index (Phi) is 7.25. The van der Waals surface area contributed by atoms with Gasteiger partial charge in [0.25, 0.3) is 0 Å². The van der Waals surface area contributed by atoms with Gasteiger partial charge in [-0.3, -0.25) is 9.59 Å². The molecule has 0 N–H and O–H groups in total. The number of Topliss-reactive ketones (excluding diaryl/α,β-unsaturated/α-hetero) is 1. The van der Waals surface area contributed by atoms with Crippen molar-refractivity contribution in [3.63, 3.8) is 0 Å². The Morgan fingerprint density at radius 1 is 0.875 bits per heavy atom. The first-order chi connectivity index (χ1) is 15.7. The first kappa shape index (κ1) is 22.1. The molecule has 32 heavy (non-hydrogen) atoms. The lowest BCUT2D eigenvalue weighted by atomic mass is 9.80. The Balaban J connectivity index is 1.63. The zero-order chi connectivity index (χ0) is 22.2. The summed E-state index contributed by atoms with van der Waals surface area (Å²) < 4.78 is 6.82. The van der Waals surface area contributed by atoms with E-state index >= 15 is 0 Å². The second kappa shape index (κ2) is 10.5. The second-order valence-electron chi connectivity index (χ2n) is 8.29. The second-order valence-corrected chi connectivity index (χ2v) is 8.29. The lowest BCUT2D eigenvalue weighted by Gasteiger charge is -2.37. The molecule has 1 aliphatic heterocycles. The van der Waals surface area contributed by atoms with Crippen molar-refractivity contribution < 1.29 is 14.3 Å². The minimum absolute atomic E-state index is 0.191. The van der Waals surface area contributed by atoms with E-state index in [1.165, 1.54) is 0 Å². The molecule has 1 heterocycles. The standard InChI is InChI=1S/C28H29NO3/c30-22-27(31)23-11-10-18-29(21-23)19-20-32-28(24-12-4-1-5-13-24,25-14-6-2-7-15-25)26-16-8-3-9-17-26/h1-9,12-17,22-23H,10-11,18-21H2. The van der Waals surface area contributed by atoms with E-state index in [0.717, 1.165) is 36.1 Å². The number of piperidine rings is 1. The van der Waals surface area contributed by atoms with Crippen molar-refractivity contribution in [2.45, 2.75) is 18.4 Å². The van der Waals surface area contributed by atoms with Gasteiger partial charge in [0.1, 0.15) is 5.60 Å². The highest BCUT2D eigenvalue weighted by atomic mass is 16.5. The molecule has 3 aromatic carbocycles. The molecular formula is C28H29NO3. The Hall–Kier alpha value is -3.08. The van der Waals surface area contributed by atoms with Crippen molar-refractivity contribution in [3.8, 4) is 0 Å². The first-order valence-corrected chi connectivity index (χ1v) is 11.3. The Bertz CT molecular complexity index is 908. The van der Waals surface area contributed by atoms with E-state index in [9.17, 15) is 9.59 Å². The average Bonchev–Trinajstić information content (AvgIpc) is 2.88. The highest BCUT2D eigenvalue weighted by molar-refractivity contribution is 6.26. The maximum absolute atomic E-state index is 11.9. The minimum atomic E-state index is -0.739. The van der Waals surface area contributed by atoms with Gasteiger partial charge in [0.15, 0.2) is 12.1 Å². The van der Waals surface area contributed by atoms with Gasteiger partial charge < -0.3 is 9.64 Å². The predicted octanol–water partition coefficient (Wildman–Crippen LogP) is 4.48. The van der Waals surface area contributed by atoms with E-state index in [4.69, 9.17) is 4.74 Å². The van der Waals surface area contributed by atoms with Crippen LogP contribution in [0.2, 0.25) is 0 Å². The van der Waals surface area contributed by atoms with E-state index in [-0.39, 0.29) is 11.7 Å². The number of benzene rings is 3. The number of carbonyl (C=O) groups is 2. The Morgan fingerprint density at radius 2 is 1.38 bits per heavy atom. The fraction of sp³-hybridized carbons (Fsp3) is 0.286. The fourth-order valence-electron chi connectivity index (χ4n) is 4.68. The summed E-state index contributed by atoms with van der Waals surface area (Å²) in [5.41, 5.74) is 2.48. The van der Waals surface area contributed by atoms with Gasteiger partial charge >= 0.3 is 0 Å². The molecule has 0 radical (unpaired) electrons. The van der Waals surface area contributed by atoms with E-state index in [1.54, 1.807) is 0 Å². The van der Waals surface area contributed by atoms with Gasteiger partial charge in [0.2, 0.25) is 0 Å². The van der Waals surface area contributed by atoms with Crippen LogP contribution in [0.15, 0.2) is 91.0 Å². The van der Waals surface area contributed by atoms with Crippen LogP contribution in [0.5, 0.6) is 0 Å². The molecule has 0 saturated carbocycles. The molecule has 4 nitrogen and oxygen atoms in total. The molecule has 1 saturated heterocycles. The van der Waals surface area contributed by atoms with Crippen molar-refractivity contribution in [3.05, 3.63) is 108 Å². The minimum Gasteiger partial charge on any atom is -0.360 e. The van der Waals surface area contributed by atoms with Gasteiger partial charge in [-0.15, -0.1) is 0 Å². The zero-order valence-electron chi connectivity index (χ0n) is 18.2. The van der Waals surface area contributed by atoms with Crippen LogP contribution in [0.1, 0.15) is 29.5 Å². The van der Waals surface area contributed by atoms with E-state index in [0.29, 0.717) is 26.0 Å². The molecule has 3 aromatic rings. The number of ketones is 1. The van der Waals surface area contributed by atoms with Gasteiger partial charge in [0.05, 0.1) is 6.61 Å². The van der Waals surface area contributed by atoms with Gasteiger partial charge in [0, 0.05) is 19.0 Å². The third kappa shape index (κ3) is 4.72. The fourth-order valence-corrected chi connectivity index (χ4v) is 4.68. The van der Waals surface area contributed by atoms with Crippen LogP contribution < -0.4 is 0 Å². The van der Waals surface area contributed by atoms with Gasteiger partial charge in [-0.1, -0.05) is 91.0 Å². The summed E-state index contributed by atoms with van der Waals surface area (Å²) in [5, 5.41) is 0. The summed E-state index contributed by atoms with van der Waals surface area (Å²) in [7, 11) is 0. The Labute approximate surface area is 189 Å². The average molecular weight is 428 g/mol. The maximum atomic E-state index is 11.9. The van der Waals surface area contributed by atoms with Crippen LogP contribution in [-0.2, 0) is 19.9 Å². The molecule has 0 spiro atoms. The van der Waals surface area contributed by atoms with Crippen molar-refractivity contribution in [2.24, 2.45) is 5.92 Å². The summed E-state index contributed by atoms with van der Waals surface area (Å²) in [4.78, 5) is 25.0. The van der Waals surface area contributed by atoms with Crippen LogP contribution in [0.3, 0.4) is 0 Å². The summed E-state index contributed by atoms with van der Waals surface area (Å²) in [6.45, 7) is 2.74. The molecule has 1 fully saturated rings. The smallest absolute Gasteiger partial charge is 0.199 e. The first-order valence-electron chi connectivity index (χ1n) is 11.3. The molecule has 0 aliphatic carbocycles. The number of hydrogen-bond acceptors (Lipinski definition) is 4. The van der Waals surface area contributed by atoms with Crippen molar-refractivity contribution in [1.82, 2.24) is 4.90 Å². The van der Waals surface area contributed by atoms with Crippen molar-refractivity contribution in [1.29, 1.82) is 0 Å². The monoisotopic (exact) mass is 427 g/mol. The highest BCUT2D eigenvalue weighted by Gasteiger charge is 2.37. The lowest BCUT2D eigenvalue weighted by Crippen LogP contribution is -2.42. The normalized spacial score (nSPS) is 17.1. The molecule has 164 valence electrons. The van der Waals surface area contributed by atoms with E-state index in [1.807, 2.05) is 54.6 Å². The zero-order valence-corrected chi connectivity index (χ0v) is 18.2. The van der Waals surface area contributed by atoms with Crippen LogP contribution in [0, 0.1) is 5.92 Å². The molecule has 1 aliphatic rings. The van der Waals surface area contributed by atoms with Crippen molar-refractivity contribution >= 4 is 12.1 Å². The molecular weight excluding hydrogens is 398 g/mol. The van der Waals surface area contributed by atoms with Crippen LogP contribution in [-0.4, -0.2) is 43.2 Å². The molecule has 0 amide bonds. The number of hydrogen-bond donors (Lipinski definition) is 0. The number of carbonyl (C=O) groups excluding carboxylic acids is 2. The third-order valence-electron chi connectivity index (χ3n) is 6.29. The summed E-state index contributed by atoms with van der Waals surface area (Å²) in [5.74, 6) is -0.480. The maximum Gasteiger partial charge on any atom is 0.199 e. The number of likely N-dealkylation sites (tertiary alicyclic amines) is 1. The molecule has 4 heteroatoms. The van der Waals surface area contributed by atoms with Crippen molar-refractivity contribution in [2.75, 3.05) is 26.2 Å². The highest BCUT2D eigenvalue weighted by Crippen LogP contribution is 2.40. The number of aldehydes is 1. The largest absolute Gasteiger partial charge is 0.360 e. The van der Waals surface area contributed by atoms with Gasteiger partial charge in [-0.05, 0) is 36.1 Å². The van der Waals surface area contributed by atoms with Crippen LogP contribution >= 0.6 is 0 Å². The Morgan fingerprint density at radius 3 is 1.84 bits per heavy atom.